The highest BCUT2D eigenvalue weighted by molar-refractivity contribution is 5.85. The Morgan fingerprint density at radius 1 is 1.20 bits per heavy atom. The van der Waals surface area contributed by atoms with Crippen LogP contribution in [0.15, 0.2) is 17.3 Å². The summed E-state index contributed by atoms with van der Waals surface area (Å²) in [6, 6.07) is 0. The molecule has 0 aromatic rings. The summed E-state index contributed by atoms with van der Waals surface area (Å²) in [6.45, 7) is 10.0. The smallest absolute Gasteiger partial charge is 0.0231 e. The Kier molecular flexibility index (Phi) is 13.6. The summed E-state index contributed by atoms with van der Waals surface area (Å²) in [6.07, 6.45) is 4.95. The zero-order chi connectivity index (χ0) is 8.41. The van der Waals surface area contributed by atoms with Gasteiger partial charge in [0.05, 0.1) is 0 Å². The molecule has 0 aromatic carbocycles. The molecule has 10 heavy (non-hydrogen) atoms. The number of rotatable bonds is 0. The third kappa shape index (κ3) is 7.41. The second-order valence-corrected chi connectivity index (χ2v) is 1.45. The fraction of sp³-hybridized carbons (Fsp3) is 0.667. The van der Waals surface area contributed by atoms with Gasteiger partial charge in [-0.2, -0.15) is 0 Å². The molecule has 0 aromatic heterocycles. The van der Waals surface area contributed by atoms with E-state index in [4.69, 9.17) is 0 Å². The summed E-state index contributed by atoms with van der Waals surface area (Å²) in [4.78, 5) is 3.97. The van der Waals surface area contributed by atoms with Crippen LogP contribution >= 0.6 is 0 Å². The summed E-state index contributed by atoms with van der Waals surface area (Å²) in [5.74, 6) is 0. The van der Waals surface area contributed by atoms with E-state index in [1.165, 1.54) is 5.71 Å². The van der Waals surface area contributed by atoms with Gasteiger partial charge in [-0.25, -0.2) is 0 Å². The van der Waals surface area contributed by atoms with E-state index < -0.39 is 0 Å². The van der Waals surface area contributed by atoms with Gasteiger partial charge in [-0.3, -0.25) is 4.99 Å². The summed E-state index contributed by atoms with van der Waals surface area (Å²) >= 11 is 0. The van der Waals surface area contributed by atoms with Crippen molar-refractivity contribution in [2.45, 2.75) is 41.0 Å². The van der Waals surface area contributed by atoms with Gasteiger partial charge in [-0.15, -0.1) is 0 Å². The summed E-state index contributed by atoms with van der Waals surface area (Å²) in [5, 5.41) is 0. The topological polar surface area (TPSA) is 12.4 Å². The van der Waals surface area contributed by atoms with Crippen molar-refractivity contribution in [3.05, 3.63) is 12.3 Å². The molecule has 0 spiro atoms. The van der Waals surface area contributed by atoms with Gasteiger partial charge in [0.2, 0.25) is 0 Å². The highest BCUT2D eigenvalue weighted by atomic mass is 14.7. The average Bonchev–Trinajstić information content (AvgIpc) is 2.48. The second kappa shape index (κ2) is 11.2. The second-order valence-electron chi connectivity index (χ2n) is 1.45. The zero-order valence-electron chi connectivity index (χ0n) is 7.81. The Morgan fingerprint density at radius 3 is 1.80 bits per heavy atom. The number of hydrogen-bond acceptors (Lipinski definition) is 1. The van der Waals surface area contributed by atoms with Crippen LogP contribution in [0, 0.1) is 0 Å². The molecule has 0 aliphatic carbocycles. The van der Waals surface area contributed by atoms with Crippen LogP contribution < -0.4 is 0 Å². The van der Waals surface area contributed by atoms with Gasteiger partial charge >= 0.3 is 0 Å². The lowest BCUT2D eigenvalue weighted by Gasteiger charge is -1.76. The molecule has 1 heterocycles. The maximum atomic E-state index is 3.97. The van der Waals surface area contributed by atoms with Crippen LogP contribution in [0.25, 0.3) is 0 Å². The molecule has 0 radical (unpaired) electrons. The minimum Gasteiger partial charge on any atom is -0.266 e. The van der Waals surface area contributed by atoms with E-state index in [2.05, 4.69) is 11.1 Å². The minimum atomic E-state index is 1.06. The Bertz CT molecular complexity index is 101. The Hall–Kier alpha value is -0.590. The predicted molar refractivity (Wildman–Crippen MR) is 49.6 cm³/mol. The molecule has 1 heteroatoms. The van der Waals surface area contributed by atoms with Gasteiger partial charge in [0.1, 0.15) is 0 Å². The molecule has 1 rings (SSSR count). The van der Waals surface area contributed by atoms with Crippen molar-refractivity contribution in [2.24, 2.45) is 4.99 Å². The molecule has 0 unspecified atom stereocenters. The van der Waals surface area contributed by atoms with Crippen molar-refractivity contribution in [3.8, 4) is 0 Å². The van der Waals surface area contributed by atoms with E-state index in [1.54, 1.807) is 0 Å². The number of allylic oxidation sites excluding steroid dienone is 1. The molecule has 0 saturated heterocycles. The highest BCUT2D eigenvalue weighted by Crippen LogP contribution is 1.96. The lowest BCUT2D eigenvalue weighted by molar-refractivity contribution is 1.50. The van der Waals surface area contributed by atoms with Crippen molar-refractivity contribution in [3.63, 3.8) is 0 Å². The number of hydrogen-bond donors (Lipinski definition) is 0. The fourth-order valence-corrected chi connectivity index (χ4v) is 0.456. The van der Waals surface area contributed by atoms with Crippen LogP contribution in [0.1, 0.15) is 41.0 Å². The Morgan fingerprint density at radius 2 is 1.70 bits per heavy atom. The van der Waals surface area contributed by atoms with Gasteiger partial charge in [-0.1, -0.05) is 33.8 Å². The average molecular weight is 141 g/mol. The first kappa shape index (κ1) is 12.1. The van der Waals surface area contributed by atoms with E-state index in [-0.39, 0.29) is 0 Å². The summed E-state index contributed by atoms with van der Waals surface area (Å²) in [7, 11) is 0. The zero-order valence-corrected chi connectivity index (χ0v) is 7.81. The first-order chi connectivity index (χ1) is 4.89. The standard InChI is InChI=1S/C5H7N.2C2H6/c1-5-3-2-4-6-5;2*1-2/h2,4H,3H2,1H3;2*1-2H3. The maximum Gasteiger partial charge on any atom is 0.0231 e. The summed E-state index contributed by atoms with van der Waals surface area (Å²) < 4.78 is 0. The van der Waals surface area contributed by atoms with Crippen molar-refractivity contribution in [1.82, 2.24) is 0 Å². The molecular weight excluding hydrogens is 122 g/mol. The van der Waals surface area contributed by atoms with Gasteiger partial charge in [-0.05, 0) is 6.92 Å². The van der Waals surface area contributed by atoms with Crippen LogP contribution in [0.3, 0.4) is 0 Å². The highest BCUT2D eigenvalue weighted by Gasteiger charge is 1.88. The third-order valence-electron chi connectivity index (χ3n) is 0.814. The molecule has 0 amide bonds. The van der Waals surface area contributed by atoms with E-state index in [0.29, 0.717) is 0 Å². The molecule has 1 nitrogen and oxygen atoms in total. The molecule has 60 valence electrons. The van der Waals surface area contributed by atoms with Crippen molar-refractivity contribution in [1.29, 1.82) is 0 Å². The predicted octanol–water partition coefficient (Wildman–Crippen LogP) is 3.42. The third-order valence-corrected chi connectivity index (χ3v) is 0.814. The lowest BCUT2D eigenvalue weighted by Crippen LogP contribution is -1.78. The van der Waals surface area contributed by atoms with Gasteiger partial charge in [0, 0.05) is 18.3 Å². The van der Waals surface area contributed by atoms with E-state index in [0.717, 1.165) is 6.42 Å². The van der Waals surface area contributed by atoms with Crippen LogP contribution in [-0.4, -0.2) is 5.71 Å². The van der Waals surface area contributed by atoms with Gasteiger partial charge < -0.3 is 0 Å². The molecule has 1 aliphatic heterocycles. The van der Waals surface area contributed by atoms with Crippen molar-refractivity contribution >= 4 is 5.71 Å². The van der Waals surface area contributed by atoms with Crippen molar-refractivity contribution in [2.75, 3.05) is 0 Å². The molecule has 0 N–H and O–H groups in total. The normalized spacial score (nSPS) is 12.3. The lowest BCUT2D eigenvalue weighted by atomic mass is 10.3. The molecule has 0 fully saturated rings. The number of aliphatic imine (C=N–C) groups is 1. The van der Waals surface area contributed by atoms with Crippen LogP contribution in [0.5, 0.6) is 0 Å². The largest absolute Gasteiger partial charge is 0.266 e. The van der Waals surface area contributed by atoms with E-state index >= 15 is 0 Å². The Labute approximate surface area is 64.9 Å². The first-order valence-corrected chi connectivity index (χ1v) is 4.08. The first-order valence-electron chi connectivity index (χ1n) is 4.08. The van der Waals surface area contributed by atoms with Crippen molar-refractivity contribution < 1.29 is 0 Å². The summed E-state index contributed by atoms with van der Waals surface area (Å²) in [5.41, 5.74) is 1.22. The van der Waals surface area contributed by atoms with Gasteiger partial charge in [0.15, 0.2) is 0 Å². The molecular formula is C9H19N. The minimum absolute atomic E-state index is 1.06. The fourth-order valence-electron chi connectivity index (χ4n) is 0.456. The van der Waals surface area contributed by atoms with E-state index in [1.807, 2.05) is 40.8 Å². The van der Waals surface area contributed by atoms with Crippen LogP contribution in [-0.2, 0) is 0 Å². The maximum absolute atomic E-state index is 3.97. The van der Waals surface area contributed by atoms with Crippen LogP contribution in [0.4, 0.5) is 0 Å². The molecule has 0 bridgehead atoms. The van der Waals surface area contributed by atoms with Crippen LogP contribution in [0.2, 0.25) is 0 Å². The Balaban J connectivity index is 0. The molecule has 0 saturated carbocycles. The SMILES string of the molecule is CC.CC.CC1=NC=CC1. The number of nitrogens with zero attached hydrogens (tertiary/aromatic N) is 1. The molecule has 1 aliphatic rings. The van der Waals surface area contributed by atoms with Gasteiger partial charge in [0.25, 0.3) is 0 Å². The quantitative estimate of drug-likeness (QED) is 0.490. The van der Waals surface area contributed by atoms with E-state index in [9.17, 15) is 0 Å². The monoisotopic (exact) mass is 141 g/mol. The molecule has 0 atom stereocenters.